The van der Waals surface area contributed by atoms with Crippen molar-refractivity contribution < 1.29 is 14.6 Å². The minimum absolute atomic E-state index is 0.140. The monoisotopic (exact) mass is 340 g/mol. The summed E-state index contributed by atoms with van der Waals surface area (Å²) in [6.45, 7) is 4.82. The van der Waals surface area contributed by atoms with Crippen LogP contribution in [0.1, 0.15) is 36.1 Å². The molecule has 1 aromatic carbocycles. The fourth-order valence-electron chi connectivity index (χ4n) is 3.66. The minimum Gasteiger partial charge on any atom is -0.454 e. The van der Waals surface area contributed by atoms with Gasteiger partial charge in [-0.15, -0.1) is 0 Å². The molecule has 0 unspecified atom stereocenters. The van der Waals surface area contributed by atoms with Gasteiger partial charge in [0.15, 0.2) is 11.5 Å². The Kier molecular flexibility index (Phi) is 4.59. The molecule has 2 atom stereocenters. The van der Waals surface area contributed by atoms with Gasteiger partial charge in [0.05, 0.1) is 11.8 Å². The molecule has 2 aliphatic rings. The summed E-state index contributed by atoms with van der Waals surface area (Å²) in [4.78, 5) is 6.81. The molecule has 0 saturated carbocycles. The maximum absolute atomic E-state index is 10.7. The number of aromatic nitrogens is 1. The SMILES string of the molecule is CCc1ccc(CN2CC[C@@H](c3ccc4c(c3)OCO4)[C@H](O)C2)nc1. The van der Waals surface area contributed by atoms with Crippen LogP contribution in [-0.4, -0.2) is 41.0 Å². The van der Waals surface area contributed by atoms with E-state index in [0.29, 0.717) is 6.54 Å². The Labute approximate surface area is 148 Å². The number of hydrogen-bond acceptors (Lipinski definition) is 5. The van der Waals surface area contributed by atoms with Gasteiger partial charge in [0.1, 0.15) is 0 Å². The second kappa shape index (κ2) is 7.02. The second-order valence-corrected chi connectivity index (χ2v) is 6.82. The van der Waals surface area contributed by atoms with Gasteiger partial charge < -0.3 is 14.6 Å². The van der Waals surface area contributed by atoms with Gasteiger partial charge in [-0.05, 0) is 48.7 Å². The van der Waals surface area contributed by atoms with Crippen LogP contribution < -0.4 is 9.47 Å². The number of piperidine rings is 1. The van der Waals surface area contributed by atoms with E-state index in [1.54, 1.807) is 0 Å². The third kappa shape index (κ3) is 3.48. The van der Waals surface area contributed by atoms with Gasteiger partial charge in [-0.25, -0.2) is 0 Å². The van der Waals surface area contributed by atoms with E-state index in [-0.39, 0.29) is 18.8 Å². The maximum Gasteiger partial charge on any atom is 0.231 e. The van der Waals surface area contributed by atoms with Crippen molar-refractivity contribution >= 4 is 0 Å². The van der Waals surface area contributed by atoms with Crippen LogP contribution in [0.15, 0.2) is 36.5 Å². The number of ether oxygens (including phenoxy) is 2. The Balaban J connectivity index is 1.40. The number of fused-ring (bicyclic) bond motifs is 1. The van der Waals surface area contributed by atoms with Crippen molar-refractivity contribution in [2.24, 2.45) is 0 Å². The minimum atomic E-state index is -0.385. The first kappa shape index (κ1) is 16.4. The van der Waals surface area contributed by atoms with E-state index in [1.165, 1.54) is 5.56 Å². The molecule has 0 aliphatic carbocycles. The highest BCUT2D eigenvalue weighted by atomic mass is 16.7. The maximum atomic E-state index is 10.7. The summed E-state index contributed by atoms with van der Waals surface area (Å²) in [5.74, 6) is 1.71. The number of pyridine rings is 1. The number of rotatable bonds is 4. The highest BCUT2D eigenvalue weighted by molar-refractivity contribution is 5.45. The smallest absolute Gasteiger partial charge is 0.231 e. The molecule has 1 N–H and O–H groups in total. The van der Waals surface area contributed by atoms with E-state index >= 15 is 0 Å². The van der Waals surface area contributed by atoms with E-state index in [9.17, 15) is 5.11 Å². The van der Waals surface area contributed by atoms with Gasteiger partial charge in [0.2, 0.25) is 6.79 Å². The highest BCUT2D eigenvalue weighted by Gasteiger charge is 2.30. The van der Waals surface area contributed by atoms with Crippen molar-refractivity contribution in [2.45, 2.75) is 38.3 Å². The highest BCUT2D eigenvalue weighted by Crippen LogP contribution is 2.37. The molecule has 5 heteroatoms. The fraction of sp³-hybridized carbons (Fsp3) is 0.450. The Morgan fingerprint density at radius 2 is 2.08 bits per heavy atom. The van der Waals surface area contributed by atoms with Gasteiger partial charge in [-0.3, -0.25) is 9.88 Å². The lowest BCUT2D eigenvalue weighted by atomic mass is 9.87. The van der Waals surface area contributed by atoms with Crippen molar-refractivity contribution in [1.29, 1.82) is 0 Å². The number of aryl methyl sites for hydroxylation is 1. The van der Waals surface area contributed by atoms with Gasteiger partial charge in [0.25, 0.3) is 0 Å². The standard InChI is InChI=1S/C20H24N2O3/c1-2-14-3-5-16(21-10-14)11-22-8-7-17(18(23)12-22)15-4-6-19-20(9-15)25-13-24-19/h3-6,9-10,17-18,23H,2,7-8,11-13H2,1H3/t17-,18+/m0/s1. The molecular formula is C20H24N2O3. The van der Waals surface area contributed by atoms with Crippen LogP contribution in [0.3, 0.4) is 0 Å². The number of hydrogen-bond donors (Lipinski definition) is 1. The van der Waals surface area contributed by atoms with Crippen molar-refractivity contribution in [1.82, 2.24) is 9.88 Å². The Bertz CT molecular complexity index is 732. The van der Waals surface area contributed by atoms with Crippen LogP contribution >= 0.6 is 0 Å². The predicted molar refractivity (Wildman–Crippen MR) is 94.8 cm³/mol. The molecule has 2 aromatic rings. The second-order valence-electron chi connectivity index (χ2n) is 6.82. The lowest BCUT2D eigenvalue weighted by molar-refractivity contribution is 0.0471. The average Bonchev–Trinajstić information content (AvgIpc) is 3.10. The number of benzene rings is 1. The van der Waals surface area contributed by atoms with Crippen LogP contribution in [0.5, 0.6) is 11.5 Å². The van der Waals surface area contributed by atoms with Crippen molar-refractivity contribution in [2.75, 3.05) is 19.9 Å². The third-order valence-corrected chi connectivity index (χ3v) is 5.17. The molecule has 0 amide bonds. The van der Waals surface area contributed by atoms with E-state index in [0.717, 1.165) is 48.7 Å². The molecule has 1 aromatic heterocycles. The zero-order valence-electron chi connectivity index (χ0n) is 14.5. The molecule has 132 valence electrons. The number of β-amino-alcohol motifs (C(OH)–C–C–N with tert-alkyl or cyclic N) is 1. The number of nitrogens with zero attached hydrogens (tertiary/aromatic N) is 2. The van der Waals surface area contributed by atoms with Crippen LogP contribution in [0, 0.1) is 0 Å². The molecule has 0 bridgehead atoms. The van der Waals surface area contributed by atoms with E-state index in [1.807, 2.05) is 24.4 Å². The number of aliphatic hydroxyl groups is 1. The summed E-state index contributed by atoms with van der Waals surface area (Å²) in [7, 11) is 0. The molecule has 3 heterocycles. The van der Waals surface area contributed by atoms with Crippen LogP contribution in [-0.2, 0) is 13.0 Å². The lowest BCUT2D eigenvalue weighted by Crippen LogP contribution is -2.42. The summed E-state index contributed by atoms with van der Waals surface area (Å²) >= 11 is 0. The van der Waals surface area contributed by atoms with Gasteiger partial charge >= 0.3 is 0 Å². The first-order valence-electron chi connectivity index (χ1n) is 8.96. The van der Waals surface area contributed by atoms with Crippen LogP contribution in [0.4, 0.5) is 0 Å². The first-order valence-corrected chi connectivity index (χ1v) is 8.96. The van der Waals surface area contributed by atoms with E-state index in [4.69, 9.17) is 9.47 Å². The third-order valence-electron chi connectivity index (χ3n) is 5.17. The largest absolute Gasteiger partial charge is 0.454 e. The predicted octanol–water partition coefficient (Wildman–Crippen LogP) is 2.72. The normalized spacial score (nSPS) is 23.0. The van der Waals surface area contributed by atoms with Crippen molar-refractivity contribution in [3.8, 4) is 11.5 Å². The summed E-state index contributed by atoms with van der Waals surface area (Å²) in [5.41, 5.74) is 3.44. The average molecular weight is 340 g/mol. The summed E-state index contributed by atoms with van der Waals surface area (Å²) in [6.07, 6.45) is 3.50. The topological polar surface area (TPSA) is 54.8 Å². The number of aliphatic hydroxyl groups excluding tert-OH is 1. The lowest BCUT2D eigenvalue weighted by Gasteiger charge is -2.36. The Hall–Kier alpha value is -2.11. The summed E-state index contributed by atoms with van der Waals surface area (Å²) in [5, 5.41) is 10.7. The zero-order valence-corrected chi connectivity index (χ0v) is 14.5. The Morgan fingerprint density at radius 1 is 1.20 bits per heavy atom. The molecule has 0 radical (unpaired) electrons. The molecule has 1 fully saturated rings. The molecule has 1 saturated heterocycles. The number of likely N-dealkylation sites (tertiary alicyclic amines) is 1. The Morgan fingerprint density at radius 3 is 2.84 bits per heavy atom. The summed E-state index contributed by atoms with van der Waals surface area (Å²) in [6, 6.07) is 10.2. The molecule has 2 aliphatic heterocycles. The quantitative estimate of drug-likeness (QED) is 0.927. The van der Waals surface area contributed by atoms with Crippen molar-refractivity contribution in [3.05, 3.63) is 53.3 Å². The van der Waals surface area contributed by atoms with E-state index in [2.05, 4.69) is 28.9 Å². The van der Waals surface area contributed by atoms with Gasteiger partial charge in [0, 0.05) is 25.2 Å². The van der Waals surface area contributed by atoms with Crippen molar-refractivity contribution in [3.63, 3.8) is 0 Å². The van der Waals surface area contributed by atoms with E-state index < -0.39 is 0 Å². The molecular weight excluding hydrogens is 316 g/mol. The molecule has 4 rings (SSSR count). The molecule has 0 spiro atoms. The van der Waals surface area contributed by atoms with Crippen LogP contribution in [0.25, 0.3) is 0 Å². The fourth-order valence-corrected chi connectivity index (χ4v) is 3.66. The van der Waals surface area contributed by atoms with Crippen LogP contribution in [0.2, 0.25) is 0 Å². The van der Waals surface area contributed by atoms with Gasteiger partial charge in [-0.1, -0.05) is 19.1 Å². The molecule has 5 nitrogen and oxygen atoms in total. The zero-order chi connectivity index (χ0) is 17.2. The molecule has 25 heavy (non-hydrogen) atoms. The van der Waals surface area contributed by atoms with Gasteiger partial charge in [-0.2, -0.15) is 0 Å². The summed E-state index contributed by atoms with van der Waals surface area (Å²) < 4.78 is 10.8. The first-order chi connectivity index (χ1) is 12.2.